The third-order valence-corrected chi connectivity index (χ3v) is 4.77. The maximum atomic E-state index is 12.3. The smallest absolute Gasteiger partial charge is 0.355 e. The zero-order valence-corrected chi connectivity index (χ0v) is 17.0. The van der Waals surface area contributed by atoms with Crippen molar-refractivity contribution in [1.29, 1.82) is 0 Å². The zero-order valence-electron chi connectivity index (χ0n) is 17.0. The molecule has 0 aromatic heterocycles. The van der Waals surface area contributed by atoms with Gasteiger partial charge in [-0.25, -0.2) is 9.59 Å². The molecule has 2 aliphatic rings. The van der Waals surface area contributed by atoms with Crippen molar-refractivity contribution in [2.24, 2.45) is 0 Å². The fourth-order valence-corrected chi connectivity index (χ4v) is 3.23. The van der Waals surface area contributed by atoms with Crippen molar-refractivity contribution < 1.29 is 33.3 Å². The third kappa shape index (κ3) is 5.15. The number of amides is 1. The molecule has 0 saturated carbocycles. The van der Waals surface area contributed by atoms with Gasteiger partial charge in [0, 0.05) is 24.5 Å². The summed E-state index contributed by atoms with van der Waals surface area (Å²) in [7, 11) is 2.47. The lowest BCUT2D eigenvalue weighted by atomic mass is 10.1. The predicted octanol–water partition coefficient (Wildman–Crippen LogP) is 0.352. The molecule has 10 nitrogen and oxygen atoms in total. The minimum absolute atomic E-state index is 0.0523. The Labute approximate surface area is 174 Å². The van der Waals surface area contributed by atoms with Crippen LogP contribution >= 0.6 is 0 Å². The number of nitrogens with zero attached hydrogens (tertiary/aromatic N) is 2. The predicted molar refractivity (Wildman–Crippen MR) is 107 cm³/mol. The summed E-state index contributed by atoms with van der Waals surface area (Å²) >= 11 is 0. The monoisotopic (exact) mass is 419 g/mol. The van der Waals surface area contributed by atoms with Crippen LogP contribution < -0.4 is 10.2 Å². The number of methoxy groups -OCH3 is 2. The summed E-state index contributed by atoms with van der Waals surface area (Å²) in [6, 6.07) is 6.87. The Kier molecular flexibility index (Phi) is 7.39. The van der Waals surface area contributed by atoms with Crippen LogP contribution in [0.15, 0.2) is 35.5 Å². The van der Waals surface area contributed by atoms with Crippen LogP contribution in [0, 0.1) is 0 Å². The number of esters is 2. The van der Waals surface area contributed by atoms with E-state index in [0.29, 0.717) is 31.1 Å². The molecule has 10 heteroatoms. The highest BCUT2D eigenvalue weighted by Crippen LogP contribution is 2.27. The molecule has 0 bridgehead atoms. The second kappa shape index (κ2) is 10.2. The number of nitrogens with one attached hydrogen (secondary N) is 1. The molecule has 1 N–H and O–H groups in total. The van der Waals surface area contributed by atoms with Crippen molar-refractivity contribution in [2.45, 2.75) is 0 Å². The Morgan fingerprint density at radius 1 is 1.00 bits per heavy atom. The number of rotatable bonds is 6. The quantitative estimate of drug-likeness (QED) is 0.654. The van der Waals surface area contributed by atoms with Gasteiger partial charge in [-0.05, 0) is 24.3 Å². The summed E-state index contributed by atoms with van der Waals surface area (Å²) in [5, 5.41) is 2.85. The topological polar surface area (TPSA) is 107 Å². The lowest BCUT2D eigenvalue weighted by molar-refractivity contribution is -0.140. The van der Waals surface area contributed by atoms with Gasteiger partial charge in [-0.2, -0.15) is 0 Å². The van der Waals surface area contributed by atoms with E-state index in [1.54, 1.807) is 24.3 Å². The van der Waals surface area contributed by atoms with Gasteiger partial charge in [0.25, 0.3) is 0 Å². The minimum Gasteiger partial charge on any atom is -0.466 e. The molecule has 1 saturated heterocycles. The largest absolute Gasteiger partial charge is 0.466 e. The van der Waals surface area contributed by atoms with Crippen LogP contribution in [0.3, 0.4) is 0 Å². The van der Waals surface area contributed by atoms with Crippen LogP contribution in [0.5, 0.6) is 0 Å². The third-order valence-electron chi connectivity index (χ3n) is 4.77. The van der Waals surface area contributed by atoms with E-state index < -0.39 is 11.9 Å². The number of ether oxygens (including phenoxy) is 4. The fourth-order valence-electron chi connectivity index (χ4n) is 3.23. The van der Waals surface area contributed by atoms with E-state index >= 15 is 0 Å². The summed E-state index contributed by atoms with van der Waals surface area (Å²) in [6.45, 7) is 3.02. The van der Waals surface area contributed by atoms with E-state index in [1.165, 1.54) is 19.1 Å². The average Bonchev–Trinajstić information content (AvgIpc) is 2.78. The molecular formula is C20H25N3O7. The molecule has 1 aromatic rings. The number of morpholine rings is 1. The summed E-state index contributed by atoms with van der Waals surface area (Å²) in [6.07, 6.45) is 0. The molecule has 2 aliphatic heterocycles. The normalized spacial score (nSPS) is 17.5. The summed E-state index contributed by atoms with van der Waals surface area (Å²) in [5.74, 6) is -1.44. The van der Waals surface area contributed by atoms with Gasteiger partial charge < -0.3 is 29.2 Å². The second-order valence-electron chi connectivity index (χ2n) is 6.70. The molecular weight excluding hydrogens is 394 g/mol. The first-order chi connectivity index (χ1) is 14.5. The van der Waals surface area contributed by atoms with Crippen molar-refractivity contribution in [3.8, 4) is 0 Å². The molecule has 1 fully saturated rings. The molecule has 162 valence electrons. The number of carbonyl (C=O) groups is 3. The van der Waals surface area contributed by atoms with Crippen molar-refractivity contribution >= 4 is 29.2 Å². The maximum absolute atomic E-state index is 12.3. The minimum atomic E-state index is -0.665. The lowest BCUT2D eigenvalue weighted by Crippen LogP contribution is -2.41. The van der Waals surface area contributed by atoms with Gasteiger partial charge in [-0.3, -0.25) is 9.69 Å². The Bertz CT molecular complexity index is 816. The van der Waals surface area contributed by atoms with Gasteiger partial charge in [0.2, 0.25) is 5.91 Å². The summed E-state index contributed by atoms with van der Waals surface area (Å²) < 4.78 is 20.3. The molecule has 0 unspecified atom stereocenters. The van der Waals surface area contributed by atoms with Gasteiger partial charge in [-0.1, -0.05) is 0 Å². The summed E-state index contributed by atoms with van der Waals surface area (Å²) in [4.78, 5) is 40.2. The van der Waals surface area contributed by atoms with Crippen molar-refractivity contribution in [2.75, 3.05) is 70.6 Å². The molecule has 3 rings (SSSR count). The van der Waals surface area contributed by atoms with Crippen LogP contribution in [-0.2, 0) is 33.3 Å². The van der Waals surface area contributed by atoms with Crippen molar-refractivity contribution in [1.82, 2.24) is 4.90 Å². The van der Waals surface area contributed by atoms with Crippen LogP contribution in [0.4, 0.5) is 11.4 Å². The van der Waals surface area contributed by atoms with E-state index in [9.17, 15) is 14.4 Å². The van der Waals surface area contributed by atoms with E-state index in [0.717, 1.165) is 13.1 Å². The number of carbonyl (C=O) groups excluding carboxylic acids is 3. The fraction of sp³-hybridized carbons (Fsp3) is 0.450. The molecule has 0 aliphatic carbocycles. The Balaban J connectivity index is 1.73. The highest BCUT2D eigenvalue weighted by atomic mass is 16.5. The highest BCUT2D eigenvalue weighted by Gasteiger charge is 2.32. The van der Waals surface area contributed by atoms with Crippen LogP contribution in [0.25, 0.3) is 0 Å². The number of hydrogen-bond acceptors (Lipinski definition) is 9. The van der Waals surface area contributed by atoms with E-state index in [1.807, 2.05) is 4.90 Å². The first kappa shape index (κ1) is 21.8. The summed E-state index contributed by atoms with van der Waals surface area (Å²) in [5.41, 5.74) is 1.37. The number of benzene rings is 1. The second-order valence-corrected chi connectivity index (χ2v) is 6.70. The van der Waals surface area contributed by atoms with Crippen LogP contribution in [0.1, 0.15) is 0 Å². The number of hydrogen-bond donors (Lipinski definition) is 1. The SMILES string of the molecule is COC(=O)C1=C(C(=O)OC)N(c2ccc(NC(=O)CN3CCOCC3)cc2)COC1. The molecule has 1 amide bonds. The molecule has 2 heterocycles. The number of anilines is 2. The zero-order chi connectivity index (χ0) is 21.5. The molecule has 0 radical (unpaired) electrons. The average molecular weight is 419 g/mol. The Morgan fingerprint density at radius 2 is 1.67 bits per heavy atom. The van der Waals surface area contributed by atoms with E-state index in [4.69, 9.17) is 18.9 Å². The van der Waals surface area contributed by atoms with Gasteiger partial charge in [-0.15, -0.1) is 0 Å². The molecule has 0 atom stereocenters. The van der Waals surface area contributed by atoms with Gasteiger partial charge in [0.1, 0.15) is 12.4 Å². The van der Waals surface area contributed by atoms with Crippen LogP contribution in [0.2, 0.25) is 0 Å². The lowest BCUT2D eigenvalue weighted by Gasteiger charge is -2.31. The highest BCUT2D eigenvalue weighted by molar-refractivity contribution is 6.03. The molecule has 0 spiro atoms. The van der Waals surface area contributed by atoms with E-state index in [-0.39, 0.29) is 30.5 Å². The standard InChI is InChI=1S/C20H25N3O7/c1-27-19(25)16-12-30-13-23(18(16)20(26)28-2)15-5-3-14(4-6-15)21-17(24)11-22-7-9-29-10-8-22/h3-6H,7-13H2,1-2H3,(H,21,24). The van der Waals surface area contributed by atoms with Gasteiger partial charge in [0.15, 0.2) is 0 Å². The van der Waals surface area contributed by atoms with Gasteiger partial charge in [0.05, 0.1) is 46.2 Å². The Morgan fingerprint density at radius 3 is 2.30 bits per heavy atom. The van der Waals surface area contributed by atoms with E-state index in [2.05, 4.69) is 5.32 Å². The Hall–Kier alpha value is -2.95. The molecule has 1 aromatic carbocycles. The van der Waals surface area contributed by atoms with Crippen molar-refractivity contribution in [3.63, 3.8) is 0 Å². The van der Waals surface area contributed by atoms with Crippen LogP contribution in [-0.4, -0.2) is 83.2 Å². The maximum Gasteiger partial charge on any atom is 0.355 e. The first-order valence-electron chi connectivity index (χ1n) is 9.48. The van der Waals surface area contributed by atoms with Gasteiger partial charge >= 0.3 is 11.9 Å². The first-order valence-corrected chi connectivity index (χ1v) is 9.48. The molecule has 30 heavy (non-hydrogen) atoms. The van der Waals surface area contributed by atoms with Crippen molar-refractivity contribution in [3.05, 3.63) is 35.5 Å².